The van der Waals surface area contributed by atoms with Gasteiger partial charge in [-0.25, -0.2) is 4.79 Å². The number of halogens is 2. The molecule has 0 saturated heterocycles. The van der Waals surface area contributed by atoms with Gasteiger partial charge < -0.3 is 9.15 Å². The van der Waals surface area contributed by atoms with Gasteiger partial charge in [0, 0.05) is 0 Å². The molecule has 0 aliphatic rings. The minimum absolute atomic E-state index is 0.0573. The van der Waals surface area contributed by atoms with Crippen LogP contribution in [0.15, 0.2) is 22.8 Å². The molecule has 0 aliphatic carbocycles. The summed E-state index contributed by atoms with van der Waals surface area (Å²) in [5.74, 6) is -0.118. The van der Waals surface area contributed by atoms with Crippen molar-refractivity contribution in [3.8, 4) is 0 Å². The predicted molar refractivity (Wildman–Crippen MR) is 44.0 cm³/mol. The number of esters is 1. The first-order valence-corrected chi connectivity index (χ1v) is 4.04. The fraction of sp³-hybridized carbons (Fsp3) is 0.286. The van der Waals surface area contributed by atoms with E-state index in [1.807, 2.05) is 0 Å². The zero-order chi connectivity index (χ0) is 8.97. The Balaban J connectivity index is 2.32. The van der Waals surface area contributed by atoms with Crippen LogP contribution in [-0.2, 0) is 16.1 Å². The Labute approximate surface area is 79.2 Å². The van der Waals surface area contributed by atoms with E-state index >= 15 is 0 Å². The molecule has 1 rings (SSSR count). The van der Waals surface area contributed by atoms with Crippen LogP contribution in [0.5, 0.6) is 0 Å². The Kier molecular flexibility index (Phi) is 3.44. The van der Waals surface area contributed by atoms with Gasteiger partial charge in [0.25, 0.3) is 0 Å². The highest BCUT2D eigenvalue weighted by Crippen LogP contribution is 2.07. The molecular weight excluding hydrogens is 203 g/mol. The van der Waals surface area contributed by atoms with Crippen molar-refractivity contribution >= 4 is 29.2 Å². The van der Waals surface area contributed by atoms with Crippen LogP contribution in [0.2, 0.25) is 0 Å². The maximum absolute atomic E-state index is 10.7. The Hall–Kier alpha value is -0.670. The molecule has 12 heavy (non-hydrogen) atoms. The molecule has 0 bridgehead atoms. The van der Waals surface area contributed by atoms with E-state index in [0.29, 0.717) is 5.76 Å². The van der Waals surface area contributed by atoms with E-state index < -0.39 is 10.8 Å². The lowest BCUT2D eigenvalue weighted by Gasteiger charge is -2.01. The Morgan fingerprint density at radius 1 is 1.67 bits per heavy atom. The number of furan rings is 1. The molecule has 0 radical (unpaired) electrons. The highest BCUT2D eigenvalue weighted by Gasteiger charge is 2.13. The first-order chi connectivity index (χ1) is 5.70. The summed E-state index contributed by atoms with van der Waals surface area (Å²) < 4.78 is 9.55. The van der Waals surface area contributed by atoms with Gasteiger partial charge in [0.2, 0.25) is 4.84 Å². The molecule has 66 valence electrons. The molecule has 0 fully saturated rings. The van der Waals surface area contributed by atoms with Gasteiger partial charge in [-0.05, 0) is 12.1 Å². The summed E-state index contributed by atoms with van der Waals surface area (Å²) in [6.07, 6.45) is 1.49. The molecule has 1 heterocycles. The number of carbonyl (C=O) groups is 1. The fourth-order valence-electron chi connectivity index (χ4n) is 0.600. The van der Waals surface area contributed by atoms with Crippen molar-refractivity contribution in [3.05, 3.63) is 24.2 Å². The van der Waals surface area contributed by atoms with E-state index in [1.54, 1.807) is 12.1 Å². The average Bonchev–Trinajstić information content (AvgIpc) is 2.51. The Morgan fingerprint density at radius 2 is 2.42 bits per heavy atom. The highest BCUT2D eigenvalue weighted by atomic mass is 35.5. The van der Waals surface area contributed by atoms with E-state index in [9.17, 15) is 4.79 Å². The molecule has 0 unspecified atom stereocenters. The Morgan fingerprint density at radius 3 is 2.92 bits per heavy atom. The third kappa shape index (κ3) is 2.75. The van der Waals surface area contributed by atoms with Gasteiger partial charge in [-0.2, -0.15) is 0 Å². The third-order valence-corrected chi connectivity index (χ3v) is 1.47. The topological polar surface area (TPSA) is 39.4 Å². The van der Waals surface area contributed by atoms with Crippen LogP contribution in [0.25, 0.3) is 0 Å². The van der Waals surface area contributed by atoms with E-state index in [1.165, 1.54) is 6.26 Å². The van der Waals surface area contributed by atoms with Crippen molar-refractivity contribution in [2.24, 2.45) is 0 Å². The van der Waals surface area contributed by atoms with Crippen LogP contribution in [0.3, 0.4) is 0 Å². The summed E-state index contributed by atoms with van der Waals surface area (Å²) in [5, 5.41) is 0. The number of alkyl halides is 2. The maximum atomic E-state index is 10.7. The first kappa shape index (κ1) is 9.42. The standard InChI is InChI=1S/C7H6Cl2O3/c8-6(9)7(10)12-4-5-2-1-3-11-5/h1-3,6H,4H2. The van der Waals surface area contributed by atoms with Crippen molar-refractivity contribution in [3.63, 3.8) is 0 Å². The number of hydrogen-bond donors (Lipinski definition) is 0. The molecule has 0 N–H and O–H groups in total. The monoisotopic (exact) mass is 208 g/mol. The van der Waals surface area contributed by atoms with Gasteiger partial charge in [-0.1, -0.05) is 23.2 Å². The fourth-order valence-corrected chi connectivity index (χ4v) is 0.726. The molecule has 1 aromatic rings. The lowest BCUT2D eigenvalue weighted by molar-refractivity contribution is -0.143. The molecule has 1 aromatic heterocycles. The third-order valence-electron chi connectivity index (χ3n) is 1.11. The molecule has 0 aromatic carbocycles. The molecule has 0 atom stereocenters. The SMILES string of the molecule is O=C(OCc1ccco1)C(Cl)Cl. The van der Waals surface area contributed by atoms with E-state index in [2.05, 4.69) is 4.74 Å². The van der Waals surface area contributed by atoms with Crippen LogP contribution in [-0.4, -0.2) is 10.8 Å². The molecular formula is C7H6Cl2O3. The number of carbonyl (C=O) groups excluding carboxylic acids is 1. The van der Waals surface area contributed by atoms with Crippen molar-refractivity contribution in [2.45, 2.75) is 11.4 Å². The molecule has 0 spiro atoms. The molecule has 0 amide bonds. The summed E-state index contributed by atoms with van der Waals surface area (Å²) in [6.45, 7) is 0.0573. The normalized spacial score (nSPS) is 10.2. The van der Waals surface area contributed by atoms with Gasteiger partial charge in [0.1, 0.15) is 12.4 Å². The average molecular weight is 209 g/mol. The van der Waals surface area contributed by atoms with Crippen molar-refractivity contribution in [1.29, 1.82) is 0 Å². The van der Waals surface area contributed by atoms with Gasteiger partial charge >= 0.3 is 5.97 Å². The molecule has 5 heteroatoms. The van der Waals surface area contributed by atoms with Gasteiger partial charge in [-0.3, -0.25) is 0 Å². The van der Waals surface area contributed by atoms with Gasteiger partial charge in [0.05, 0.1) is 6.26 Å². The summed E-state index contributed by atoms with van der Waals surface area (Å²) in [4.78, 5) is 9.57. The van der Waals surface area contributed by atoms with Crippen LogP contribution >= 0.6 is 23.2 Å². The second kappa shape index (κ2) is 4.38. The number of ether oxygens (including phenoxy) is 1. The van der Waals surface area contributed by atoms with Crippen molar-refractivity contribution < 1.29 is 13.9 Å². The summed E-state index contributed by atoms with van der Waals surface area (Å²) in [6, 6.07) is 3.38. The summed E-state index contributed by atoms with van der Waals surface area (Å²) in [7, 11) is 0. The van der Waals surface area contributed by atoms with Crippen LogP contribution < -0.4 is 0 Å². The van der Waals surface area contributed by atoms with Crippen LogP contribution in [0.1, 0.15) is 5.76 Å². The van der Waals surface area contributed by atoms with Crippen molar-refractivity contribution in [1.82, 2.24) is 0 Å². The van der Waals surface area contributed by atoms with E-state index in [-0.39, 0.29) is 6.61 Å². The largest absolute Gasteiger partial charge is 0.466 e. The number of rotatable bonds is 3. The van der Waals surface area contributed by atoms with E-state index in [4.69, 9.17) is 27.6 Å². The smallest absolute Gasteiger partial charge is 0.339 e. The van der Waals surface area contributed by atoms with Crippen LogP contribution in [0.4, 0.5) is 0 Å². The predicted octanol–water partition coefficient (Wildman–Crippen LogP) is 2.13. The van der Waals surface area contributed by atoms with Crippen molar-refractivity contribution in [2.75, 3.05) is 0 Å². The maximum Gasteiger partial charge on any atom is 0.339 e. The molecule has 3 nitrogen and oxygen atoms in total. The van der Waals surface area contributed by atoms with Crippen LogP contribution in [0, 0.1) is 0 Å². The molecule has 0 aliphatic heterocycles. The second-order valence-corrected chi connectivity index (χ2v) is 3.08. The minimum atomic E-state index is -1.14. The minimum Gasteiger partial charge on any atom is -0.466 e. The quantitative estimate of drug-likeness (QED) is 0.565. The zero-order valence-electron chi connectivity index (χ0n) is 6.00. The summed E-state index contributed by atoms with van der Waals surface area (Å²) >= 11 is 10.5. The second-order valence-electron chi connectivity index (χ2n) is 1.99. The Bertz CT molecular complexity index is 243. The van der Waals surface area contributed by atoms with Gasteiger partial charge in [-0.15, -0.1) is 0 Å². The zero-order valence-corrected chi connectivity index (χ0v) is 7.51. The van der Waals surface area contributed by atoms with E-state index in [0.717, 1.165) is 0 Å². The van der Waals surface area contributed by atoms with Gasteiger partial charge in [0.15, 0.2) is 0 Å². The highest BCUT2D eigenvalue weighted by molar-refractivity contribution is 6.52. The lowest BCUT2D eigenvalue weighted by Crippen LogP contribution is -2.11. The molecule has 0 saturated carbocycles. The summed E-state index contributed by atoms with van der Waals surface area (Å²) in [5.41, 5.74) is 0. The first-order valence-electron chi connectivity index (χ1n) is 3.17. The lowest BCUT2D eigenvalue weighted by atomic mass is 10.5. The number of hydrogen-bond acceptors (Lipinski definition) is 3.